The van der Waals surface area contributed by atoms with Crippen molar-refractivity contribution in [2.24, 2.45) is 0 Å². The highest BCUT2D eigenvalue weighted by molar-refractivity contribution is 7.99. The fraction of sp³-hybridized carbons (Fsp3) is 0.312. The number of nitrogens with zero attached hydrogens (tertiary/aromatic N) is 1. The quantitative estimate of drug-likeness (QED) is 0.361. The zero-order valence-electron chi connectivity index (χ0n) is 13.0. The van der Waals surface area contributed by atoms with Crippen molar-refractivity contribution in [2.75, 3.05) is 19.5 Å². The number of esters is 1. The molecule has 0 aliphatic heterocycles. The molecule has 0 aliphatic carbocycles. The number of rotatable bonds is 7. The van der Waals surface area contributed by atoms with Crippen molar-refractivity contribution in [3.63, 3.8) is 0 Å². The van der Waals surface area contributed by atoms with Gasteiger partial charge in [0.2, 0.25) is 0 Å². The Kier molecular flexibility index (Phi) is 6.22. The summed E-state index contributed by atoms with van der Waals surface area (Å²) in [5.74, 6) is 0.997. The first-order valence-electron chi connectivity index (χ1n) is 7.06. The van der Waals surface area contributed by atoms with E-state index in [-0.39, 0.29) is 12.0 Å². The predicted octanol–water partition coefficient (Wildman–Crippen LogP) is 1.96. The average molecular weight is 334 g/mol. The van der Waals surface area contributed by atoms with E-state index in [4.69, 9.17) is 4.74 Å². The molecule has 1 aromatic carbocycles. The molecule has 0 spiro atoms. The number of methoxy groups -OCH3 is 1. The molecule has 23 heavy (non-hydrogen) atoms. The van der Waals surface area contributed by atoms with Crippen LogP contribution in [0.1, 0.15) is 11.3 Å². The van der Waals surface area contributed by atoms with Crippen LogP contribution in [0.4, 0.5) is 0 Å². The Morgan fingerprint density at radius 2 is 2.04 bits per heavy atom. The van der Waals surface area contributed by atoms with Gasteiger partial charge >= 0.3 is 5.97 Å². The molecule has 7 heteroatoms. The van der Waals surface area contributed by atoms with E-state index in [0.717, 1.165) is 5.75 Å². The summed E-state index contributed by atoms with van der Waals surface area (Å²) in [7, 11) is 1.30. The molecule has 0 radical (unpaired) electrons. The Morgan fingerprint density at radius 1 is 1.30 bits per heavy atom. The van der Waals surface area contributed by atoms with Crippen LogP contribution in [0, 0.1) is 6.92 Å². The first-order valence-corrected chi connectivity index (χ1v) is 8.04. The number of ether oxygens (including phenoxy) is 2. The maximum Gasteiger partial charge on any atom is 0.311 e. The second-order valence-corrected chi connectivity index (χ2v) is 5.89. The number of hydrogen-bond donors (Lipinski definition) is 1. The second-order valence-electron chi connectivity index (χ2n) is 4.80. The normalized spacial score (nSPS) is 10.3. The maximum atomic E-state index is 11.6. The van der Waals surface area contributed by atoms with Gasteiger partial charge in [0, 0.05) is 11.8 Å². The number of aromatic nitrogens is 2. The fourth-order valence-electron chi connectivity index (χ4n) is 1.79. The third-order valence-corrected chi connectivity index (χ3v) is 3.78. The zero-order chi connectivity index (χ0) is 16.7. The molecule has 2 aromatic rings. The van der Waals surface area contributed by atoms with E-state index in [1.54, 1.807) is 0 Å². The summed E-state index contributed by atoms with van der Waals surface area (Å²) >= 11 is 1.36. The summed E-state index contributed by atoms with van der Waals surface area (Å²) in [5.41, 5.74) is 1.28. The molecule has 0 saturated carbocycles. The largest absolute Gasteiger partial charge is 0.493 e. The summed E-state index contributed by atoms with van der Waals surface area (Å²) in [6.07, 6.45) is -0.0200. The van der Waals surface area contributed by atoms with Crippen molar-refractivity contribution < 1.29 is 14.3 Å². The van der Waals surface area contributed by atoms with Gasteiger partial charge in [-0.25, -0.2) is 4.98 Å². The van der Waals surface area contributed by atoms with Gasteiger partial charge in [0.05, 0.1) is 25.8 Å². The van der Waals surface area contributed by atoms with Crippen LogP contribution >= 0.6 is 11.8 Å². The number of aryl methyl sites for hydroxylation is 1. The molecule has 1 aromatic heterocycles. The van der Waals surface area contributed by atoms with Crippen molar-refractivity contribution >= 4 is 17.7 Å². The third kappa shape index (κ3) is 5.78. The molecule has 0 aliphatic rings. The standard InChI is InChI=1S/C16H18N2O4S/c1-11-3-5-13(6-4-11)22-7-8-23-16-17-12(9-14(19)18-16)10-15(20)21-2/h3-6,9H,7-8,10H2,1-2H3,(H,17,18,19). The number of nitrogens with one attached hydrogen (secondary N) is 1. The molecule has 0 unspecified atom stereocenters. The van der Waals surface area contributed by atoms with Gasteiger partial charge in [0.1, 0.15) is 5.75 Å². The number of H-pyrrole nitrogens is 1. The lowest BCUT2D eigenvalue weighted by Gasteiger charge is -2.06. The van der Waals surface area contributed by atoms with Crippen LogP contribution in [0.2, 0.25) is 0 Å². The van der Waals surface area contributed by atoms with Crippen molar-refractivity contribution in [1.29, 1.82) is 0 Å². The highest BCUT2D eigenvalue weighted by atomic mass is 32.2. The summed E-state index contributed by atoms with van der Waals surface area (Å²) in [6, 6.07) is 9.09. The Labute approximate surface area is 138 Å². The Bertz CT molecular complexity index is 713. The minimum absolute atomic E-state index is 0.0200. The van der Waals surface area contributed by atoms with E-state index in [1.807, 2.05) is 31.2 Å². The van der Waals surface area contributed by atoms with Crippen LogP contribution in [-0.2, 0) is 16.0 Å². The molecule has 0 fully saturated rings. The topological polar surface area (TPSA) is 81.3 Å². The highest BCUT2D eigenvalue weighted by Gasteiger charge is 2.07. The van der Waals surface area contributed by atoms with Gasteiger partial charge in [0.15, 0.2) is 5.16 Å². The van der Waals surface area contributed by atoms with Gasteiger partial charge < -0.3 is 14.5 Å². The van der Waals surface area contributed by atoms with E-state index in [9.17, 15) is 9.59 Å². The zero-order valence-corrected chi connectivity index (χ0v) is 13.8. The Balaban J connectivity index is 1.86. The fourth-order valence-corrected chi connectivity index (χ4v) is 2.51. The number of benzene rings is 1. The van der Waals surface area contributed by atoms with E-state index >= 15 is 0 Å². The smallest absolute Gasteiger partial charge is 0.311 e. The Hall–Kier alpha value is -2.28. The minimum atomic E-state index is -0.429. The first kappa shape index (κ1) is 17.1. The lowest BCUT2D eigenvalue weighted by atomic mass is 10.2. The van der Waals surface area contributed by atoms with E-state index in [0.29, 0.717) is 23.2 Å². The van der Waals surface area contributed by atoms with Crippen molar-refractivity contribution in [3.05, 3.63) is 51.9 Å². The molecular weight excluding hydrogens is 316 g/mol. The maximum absolute atomic E-state index is 11.6. The monoisotopic (exact) mass is 334 g/mol. The van der Waals surface area contributed by atoms with Gasteiger partial charge in [-0.2, -0.15) is 0 Å². The summed E-state index contributed by atoms with van der Waals surface area (Å²) in [4.78, 5) is 29.7. The van der Waals surface area contributed by atoms with Crippen molar-refractivity contribution in [1.82, 2.24) is 9.97 Å². The molecule has 1 heterocycles. The van der Waals surface area contributed by atoms with Crippen LogP contribution in [0.5, 0.6) is 5.75 Å². The van der Waals surface area contributed by atoms with E-state index < -0.39 is 5.97 Å². The summed E-state index contributed by atoms with van der Waals surface area (Å²) in [5, 5.41) is 0.462. The minimum Gasteiger partial charge on any atom is -0.493 e. The molecule has 0 atom stereocenters. The van der Waals surface area contributed by atoms with E-state index in [2.05, 4.69) is 14.7 Å². The molecule has 6 nitrogen and oxygen atoms in total. The lowest BCUT2D eigenvalue weighted by Crippen LogP contribution is -2.14. The SMILES string of the molecule is COC(=O)Cc1cc(=O)[nH]c(SCCOc2ccc(C)cc2)n1. The third-order valence-electron chi connectivity index (χ3n) is 2.94. The molecule has 1 N–H and O–H groups in total. The van der Waals surface area contributed by atoms with Gasteiger partial charge in [0.25, 0.3) is 5.56 Å². The first-order chi connectivity index (χ1) is 11.1. The molecule has 0 bridgehead atoms. The highest BCUT2D eigenvalue weighted by Crippen LogP contribution is 2.14. The van der Waals surface area contributed by atoms with Gasteiger partial charge in [-0.05, 0) is 19.1 Å². The summed E-state index contributed by atoms with van der Waals surface area (Å²) < 4.78 is 10.2. The van der Waals surface area contributed by atoms with Crippen LogP contribution < -0.4 is 10.3 Å². The van der Waals surface area contributed by atoms with Crippen LogP contribution in [0.3, 0.4) is 0 Å². The molecular formula is C16H18N2O4S. The molecule has 2 rings (SSSR count). The molecule has 0 saturated heterocycles. The average Bonchev–Trinajstić information content (AvgIpc) is 2.52. The van der Waals surface area contributed by atoms with Crippen LogP contribution in [0.25, 0.3) is 0 Å². The Morgan fingerprint density at radius 3 is 2.74 bits per heavy atom. The molecule has 0 amide bonds. The van der Waals surface area contributed by atoms with Gasteiger partial charge in [-0.15, -0.1) is 0 Å². The second kappa shape index (κ2) is 8.38. The number of carbonyl (C=O) groups is 1. The predicted molar refractivity (Wildman–Crippen MR) is 88.0 cm³/mol. The summed E-state index contributed by atoms with van der Waals surface area (Å²) in [6.45, 7) is 2.50. The number of hydrogen-bond acceptors (Lipinski definition) is 6. The van der Waals surface area contributed by atoms with Crippen LogP contribution in [-0.4, -0.2) is 35.4 Å². The number of carbonyl (C=O) groups excluding carboxylic acids is 1. The number of aromatic amines is 1. The van der Waals surface area contributed by atoms with Crippen LogP contribution in [0.15, 0.2) is 40.3 Å². The van der Waals surface area contributed by atoms with E-state index in [1.165, 1.54) is 30.5 Å². The van der Waals surface area contributed by atoms with Gasteiger partial charge in [-0.3, -0.25) is 9.59 Å². The number of thioether (sulfide) groups is 1. The molecule has 122 valence electrons. The van der Waals surface area contributed by atoms with Crippen molar-refractivity contribution in [2.45, 2.75) is 18.5 Å². The van der Waals surface area contributed by atoms with Gasteiger partial charge in [-0.1, -0.05) is 29.5 Å². The lowest BCUT2D eigenvalue weighted by molar-refractivity contribution is -0.139. The van der Waals surface area contributed by atoms with Crippen molar-refractivity contribution in [3.8, 4) is 5.75 Å².